The molecule has 4 heteroatoms. The highest BCUT2D eigenvalue weighted by Gasteiger charge is 2.04. The summed E-state index contributed by atoms with van der Waals surface area (Å²) in [7, 11) is 3.33. The zero-order valence-corrected chi connectivity index (χ0v) is 12.4. The molecule has 0 aliphatic heterocycles. The predicted molar refractivity (Wildman–Crippen MR) is 83.1 cm³/mol. The number of phenols is 1. The van der Waals surface area contributed by atoms with Crippen LogP contribution >= 0.6 is 0 Å². The Hall–Kier alpha value is -2.20. The monoisotopic (exact) mass is 287 g/mol. The van der Waals surface area contributed by atoms with Gasteiger partial charge in [-0.05, 0) is 54.4 Å². The Morgan fingerprint density at radius 1 is 1.05 bits per heavy atom. The molecular weight excluding hydrogens is 266 g/mol. The molecule has 0 saturated carbocycles. The average Bonchev–Trinajstić information content (AvgIpc) is 2.51. The van der Waals surface area contributed by atoms with Crippen LogP contribution in [-0.4, -0.2) is 25.9 Å². The maximum atomic E-state index is 9.42. The van der Waals surface area contributed by atoms with Crippen molar-refractivity contribution in [1.82, 2.24) is 5.32 Å². The van der Waals surface area contributed by atoms with Gasteiger partial charge in [-0.3, -0.25) is 0 Å². The molecule has 0 atom stereocenters. The van der Waals surface area contributed by atoms with Crippen molar-refractivity contribution in [3.05, 3.63) is 53.6 Å². The van der Waals surface area contributed by atoms with Crippen LogP contribution in [0, 0.1) is 0 Å². The maximum Gasteiger partial charge on any atom is 0.122 e. The van der Waals surface area contributed by atoms with Gasteiger partial charge in [0.2, 0.25) is 0 Å². The minimum Gasteiger partial charge on any atom is -0.508 e. The molecule has 0 heterocycles. The predicted octanol–water partition coefficient (Wildman–Crippen LogP) is 2.74. The molecule has 2 aromatic rings. The summed E-state index contributed by atoms with van der Waals surface area (Å²) >= 11 is 0. The lowest BCUT2D eigenvalue weighted by Gasteiger charge is -2.11. The largest absolute Gasteiger partial charge is 0.508 e. The van der Waals surface area contributed by atoms with Gasteiger partial charge in [0.15, 0.2) is 0 Å². The number of benzene rings is 2. The Bertz CT molecular complexity index is 584. The topological polar surface area (TPSA) is 50.7 Å². The van der Waals surface area contributed by atoms with Gasteiger partial charge in [0.1, 0.15) is 17.2 Å². The Morgan fingerprint density at radius 2 is 1.90 bits per heavy atom. The van der Waals surface area contributed by atoms with Crippen molar-refractivity contribution < 1.29 is 14.6 Å². The fraction of sp³-hybridized carbons (Fsp3) is 0.294. The lowest BCUT2D eigenvalue weighted by atomic mass is 10.1. The number of phenolic OH excluding ortho intramolecular Hbond substituents is 1. The van der Waals surface area contributed by atoms with E-state index in [0.717, 1.165) is 42.1 Å². The van der Waals surface area contributed by atoms with E-state index in [4.69, 9.17) is 9.47 Å². The van der Waals surface area contributed by atoms with Gasteiger partial charge < -0.3 is 19.9 Å². The second-order valence-corrected chi connectivity index (χ2v) is 4.77. The smallest absolute Gasteiger partial charge is 0.122 e. The highest BCUT2D eigenvalue weighted by molar-refractivity contribution is 5.40. The van der Waals surface area contributed by atoms with Crippen LogP contribution in [0.15, 0.2) is 42.5 Å². The molecule has 0 radical (unpaired) electrons. The van der Waals surface area contributed by atoms with Crippen molar-refractivity contribution in [2.45, 2.75) is 13.0 Å². The number of rotatable bonds is 7. The van der Waals surface area contributed by atoms with E-state index in [1.165, 1.54) is 0 Å². The second kappa shape index (κ2) is 7.55. The van der Waals surface area contributed by atoms with Gasteiger partial charge in [-0.15, -0.1) is 0 Å². The average molecular weight is 287 g/mol. The summed E-state index contributed by atoms with van der Waals surface area (Å²) in [5.74, 6) is 2.00. The maximum absolute atomic E-state index is 9.42. The van der Waals surface area contributed by atoms with Crippen LogP contribution in [0.5, 0.6) is 17.2 Å². The molecule has 2 rings (SSSR count). The van der Waals surface area contributed by atoms with E-state index < -0.39 is 0 Å². The molecule has 112 valence electrons. The standard InChI is InChI=1S/C17H21NO3/c1-20-16-6-7-17(21-2)14(11-16)8-9-18-12-13-4-3-5-15(19)10-13/h3-7,10-11,18-19H,8-9,12H2,1-2H3. The van der Waals surface area contributed by atoms with Gasteiger partial charge in [-0.25, -0.2) is 0 Å². The molecule has 21 heavy (non-hydrogen) atoms. The van der Waals surface area contributed by atoms with Crippen LogP contribution < -0.4 is 14.8 Å². The third-order valence-electron chi connectivity index (χ3n) is 3.30. The summed E-state index contributed by atoms with van der Waals surface area (Å²) in [6, 6.07) is 13.1. The first kappa shape index (κ1) is 15.2. The van der Waals surface area contributed by atoms with E-state index in [-0.39, 0.29) is 0 Å². The van der Waals surface area contributed by atoms with Crippen molar-refractivity contribution in [2.75, 3.05) is 20.8 Å². The SMILES string of the molecule is COc1ccc(OC)c(CCNCc2cccc(O)c2)c1. The summed E-state index contributed by atoms with van der Waals surface area (Å²) < 4.78 is 10.6. The molecule has 0 spiro atoms. The van der Waals surface area contributed by atoms with Crippen molar-refractivity contribution in [1.29, 1.82) is 0 Å². The molecule has 0 fully saturated rings. The second-order valence-electron chi connectivity index (χ2n) is 4.77. The van der Waals surface area contributed by atoms with Crippen molar-refractivity contribution >= 4 is 0 Å². The van der Waals surface area contributed by atoms with Gasteiger partial charge in [0.25, 0.3) is 0 Å². The molecule has 0 unspecified atom stereocenters. The van der Waals surface area contributed by atoms with E-state index in [1.54, 1.807) is 26.4 Å². The van der Waals surface area contributed by atoms with Gasteiger partial charge in [-0.1, -0.05) is 12.1 Å². The van der Waals surface area contributed by atoms with Gasteiger partial charge >= 0.3 is 0 Å². The zero-order chi connectivity index (χ0) is 15.1. The Kier molecular flexibility index (Phi) is 5.46. The zero-order valence-electron chi connectivity index (χ0n) is 12.4. The number of nitrogens with one attached hydrogen (secondary N) is 1. The van der Waals surface area contributed by atoms with Crippen LogP contribution in [0.25, 0.3) is 0 Å². The number of methoxy groups -OCH3 is 2. The van der Waals surface area contributed by atoms with E-state index >= 15 is 0 Å². The fourth-order valence-electron chi connectivity index (χ4n) is 2.20. The summed E-state index contributed by atoms with van der Waals surface area (Å²) in [4.78, 5) is 0. The van der Waals surface area contributed by atoms with Crippen molar-refractivity contribution in [2.24, 2.45) is 0 Å². The summed E-state index contributed by atoms with van der Waals surface area (Å²) in [6.45, 7) is 1.54. The number of aromatic hydroxyl groups is 1. The first-order valence-electron chi connectivity index (χ1n) is 6.92. The van der Waals surface area contributed by atoms with E-state index in [0.29, 0.717) is 5.75 Å². The fourth-order valence-corrected chi connectivity index (χ4v) is 2.20. The first-order chi connectivity index (χ1) is 10.2. The van der Waals surface area contributed by atoms with Crippen molar-refractivity contribution in [3.8, 4) is 17.2 Å². The molecule has 0 bridgehead atoms. The molecule has 4 nitrogen and oxygen atoms in total. The third kappa shape index (κ3) is 4.39. The van der Waals surface area contributed by atoms with Crippen LogP contribution in [-0.2, 0) is 13.0 Å². The summed E-state index contributed by atoms with van der Waals surface area (Å²) in [6.07, 6.45) is 0.846. The molecule has 2 N–H and O–H groups in total. The van der Waals surface area contributed by atoms with Crippen LogP contribution in [0.2, 0.25) is 0 Å². The number of hydrogen-bond donors (Lipinski definition) is 2. The summed E-state index contributed by atoms with van der Waals surface area (Å²) in [5, 5.41) is 12.8. The molecule has 0 aliphatic rings. The van der Waals surface area contributed by atoms with Gasteiger partial charge in [0, 0.05) is 6.54 Å². The van der Waals surface area contributed by atoms with Gasteiger partial charge in [0.05, 0.1) is 14.2 Å². The van der Waals surface area contributed by atoms with E-state index in [9.17, 15) is 5.11 Å². The van der Waals surface area contributed by atoms with E-state index in [1.807, 2.05) is 30.3 Å². The number of ether oxygens (including phenoxy) is 2. The van der Waals surface area contributed by atoms with Crippen LogP contribution in [0.1, 0.15) is 11.1 Å². The lowest BCUT2D eigenvalue weighted by Crippen LogP contribution is -2.17. The minimum absolute atomic E-state index is 0.295. The normalized spacial score (nSPS) is 10.4. The summed E-state index contributed by atoms with van der Waals surface area (Å²) in [5.41, 5.74) is 2.17. The number of hydrogen-bond acceptors (Lipinski definition) is 4. The lowest BCUT2D eigenvalue weighted by molar-refractivity contribution is 0.398. The Morgan fingerprint density at radius 3 is 2.62 bits per heavy atom. The van der Waals surface area contributed by atoms with Gasteiger partial charge in [-0.2, -0.15) is 0 Å². The highest BCUT2D eigenvalue weighted by Crippen LogP contribution is 2.24. The molecule has 0 aliphatic carbocycles. The molecule has 0 aromatic heterocycles. The Labute approximate surface area is 125 Å². The molecular formula is C17H21NO3. The quantitative estimate of drug-likeness (QED) is 0.769. The minimum atomic E-state index is 0.295. The Balaban J connectivity index is 1.88. The van der Waals surface area contributed by atoms with Crippen LogP contribution in [0.3, 0.4) is 0 Å². The third-order valence-corrected chi connectivity index (χ3v) is 3.30. The molecule has 0 saturated heterocycles. The van der Waals surface area contributed by atoms with Crippen molar-refractivity contribution in [3.63, 3.8) is 0 Å². The molecule has 0 amide bonds. The highest BCUT2D eigenvalue weighted by atomic mass is 16.5. The first-order valence-corrected chi connectivity index (χ1v) is 6.92. The van der Waals surface area contributed by atoms with E-state index in [2.05, 4.69) is 5.32 Å². The molecule has 2 aromatic carbocycles. The van der Waals surface area contributed by atoms with Crippen LogP contribution in [0.4, 0.5) is 0 Å².